The normalized spacial score (nSPS) is 10.8. The second kappa shape index (κ2) is 7.66. The summed E-state index contributed by atoms with van der Waals surface area (Å²) in [4.78, 5) is 2.38. The fraction of sp³-hybridized carbons (Fsp3) is 1.00. The van der Waals surface area contributed by atoms with Crippen molar-refractivity contribution in [1.82, 2.24) is 4.81 Å². The van der Waals surface area contributed by atoms with Crippen LogP contribution in [0.2, 0.25) is 12.6 Å². The summed E-state index contributed by atoms with van der Waals surface area (Å²) < 4.78 is 0. The van der Waals surface area contributed by atoms with Gasteiger partial charge in [-0.25, -0.2) is 0 Å². The summed E-state index contributed by atoms with van der Waals surface area (Å²) >= 11 is 0. The van der Waals surface area contributed by atoms with Crippen LogP contribution in [-0.2, 0) is 0 Å². The van der Waals surface area contributed by atoms with Crippen LogP contribution in [0, 0.1) is 0 Å². The highest BCUT2D eigenvalue weighted by molar-refractivity contribution is 6.55. The van der Waals surface area contributed by atoms with E-state index in [1.807, 2.05) is 0 Å². The Bertz CT molecular complexity index is 85.8. The first kappa shape index (κ1) is 12.0. The fourth-order valence-corrected chi connectivity index (χ4v) is 1.54. The van der Waals surface area contributed by atoms with Gasteiger partial charge < -0.3 is 4.81 Å². The molecule has 0 amide bonds. The van der Waals surface area contributed by atoms with Gasteiger partial charge in [0.2, 0.25) is 6.85 Å². The van der Waals surface area contributed by atoms with E-state index in [1.54, 1.807) is 0 Å². The molecule has 0 aromatic rings. The molecule has 0 heterocycles. The van der Waals surface area contributed by atoms with Crippen molar-refractivity contribution in [3.8, 4) is 0 Å². The Morgan fingerprint density at radius 1 is 0.917 bits per heavy atom. The Morgan fingerprint density at radius 3 is 1.58 bits per heavy atom. The van der Waals surface area contributed by atoms with E-state index in [0.717, 1.165) is 6.85 Å². The topological polar surface area (TPSA) is 3.24 Å². The van der Waals surface area contributed by atoms with Gasteiger partial charge in [-0.05, 0) is 14.1 Å². The molecule has 0 bridgehead atoms. The van der Waals surface area contributed by atoms with E-state index in [2.05, 4.69) is 32.8 Å². The van der Waals surface area contributed by atoms with Crippen molar-refractivity contribution in [1.29, 1.82) is 0 Å². The smallest absolute Gasteiger partial charge is 0.222 e. The number of unbranched alkanes of at least 4 members (excludes halogenated alkanes) is 2. The maximum absolute atomic E-state index is 2.38. The number of hydrogen-bond acceptors (Lipinski definition) is 1. The second-order valence-corrected chi connectivity index (χ2v) is 3.90. The van der Waals surface area contributed by atoms with Crippen LogP contribution in [0.5, 0.6) is 0 Å². The third-order valence-electron chi connectivity index (χ3n) is 2.51. The fourth-order valence-electron chi connectivity index (χ4n) is 1.54. The summed E-state index contributed by atoms with van der Waals surface area (Å²) in [6.07, 6.45) is 8.18. The lowest BCUT2D eigenvalue weighted by atomic mass is 9.53. The lowest BCUT2D eigenvalue weighted by Crippen LogP contribution is -2.32. The highest BCUT2D eigenvalue weighted by atomic mass is 15.0. The largest absolute Gasteiger partial charge is 0.347 e. The van der Waals surface area contributed by atoms with E-state index < -0.39 is 0 Å². The molecule has 72 valence electrons. The number of hydrogen-bond donors (Lipinski definition) is 0. The van der Waals surface area contributed by atoms with Crippen molar-refractivity contribution in [2.75, 3.05) is 14.1 Å². The van der Waals surface area contributed by atoms with Crippen LogP contribution in [-0.4, -0.2) is 25.8 Å². The summed E-state index contributed by atoms with van der Waals surface area (Å²) in [6, 6.07) is 0. The Balaban J connectivity index is 3.55. The predicted octanol–water partition coefficient (Wildman–Crippen LogP) is 3.14. The van der Waals surface area contributed by atoms with Crippen molar-refractivity contribution in [2.24, 2.45) is 0 Å². The lowest BCUT2D eigenvalue weighted by molar-refractivity contribution is 0.617. The zero-order valence-electron chi connectivity index (χ0n) is 9.27. The van der Waals surface area contributed by atoms with E-state index in [9.17, 15) is 0 Å². The molecule has 0 fully saturated rings. The second-order valence-electron chi connectivity index (χ2n) is 3.90. The van der Waals surface area contributed by atoms with Gasteiger partial charge >= 0.3 is 0 Å². The quantitative estimate of drug-likeness (QED) is 0.529. The molecule has 0 spiro atoms. The summed E-state index contributed by atoms with van der Waals surface area (Å²) in [6.45, 7) is 5.36. The summed E-state index contributed by atoms with van der Waals surface area (Å²) in [7, 11) is 4.41. The molecule has 0 N–H and O–H groups in total. The molecule has 0 aromatic carbocycles. The Morgan fingerprint density at radius 2 is 1.33 bits per heavy atom. The molecule has 0 saturated carbocycles. The van der Waals surface area contributed by atoms with Crippen molar-refractivity contribution < 1.29 is 0 Å². The highest BCUT2D eigenvalue weighted by Gasteiger charge is 2.14. The van der Waals surface area contributed by atoms with Gasteiger partial charge in [0.15, 0.2) is 0 Å². The molecular formula is C10H24BN. The molecule has 1 nitrogen and oxygen atoms in total. The minimum Gasteiger partial charge on any atom is -0.347 e. The van der Waals surface area contributed by atoms with Crippen LogP contribution >= 0.6 is 0 Å². The van der Waals surface area contributed by atoms with Crippen LogP contribution in [0.4, 0.5) is 0 Å². The van der Waals surface area contributed by atoms with E-state index in [-0.39, 0.29) is 0 Å². The van der Waals surface area contributed by atoms with E-state index in [0.29, 0.717) is 0 Å². The standard InChI is InChI=1S/C10H24BN/c1-5-7-9-11(12(3)4)10-8-6-2/h5-10H2,1-4H3. The van der Waals surface area contributed by atoms with Gasteiger partial charge in [-0.1, -0.05) is 52.2 Å². The van der Waals surface area contributed by atoms with Crippen LogP contribution < -0.4 is 0 Å². The van der Waals surface area contributed by atoms with Crippen LogP contribution in [0.15, 0.2) is 0 Å². The predicted molar refractivity (Wildman–Crippen MR) is 58.9 cm³/mol. The van der Waals surface area contributed by atoms with Gasteiger partial charge in [-0.2, -0.15) is 0 Å². The number of nitrogens with zero attached hydrogens (tertiary/aromatic N) is 1. The van der Waals surface area contributed by atoms with Crippen LogP contribution in [0.3, 0.4) is 0 Å². The molecule has 2 heteroatoms. The zero-order valence-corrected chi connectivity index (χ0v) is 9.27. The SMILES string of the molecule is CCCCB(CCCC)N(C)C. The molecule has 0 atom stereocenters. The Kier molecular flexibility index (Phi) is 7.68. The van der Waals surface area contributed by atoms with E-state index in [1.165, 1.54) is 38.3 Å². The maximum Gasteiger partial charge on any atom is 0.222 e. The third kappa shape index (κ3) is 5.65. The van der Waals surface area contributed by atoms with Gasteiger partial charge in [0.25, 0.3) is 0 Å². The molecule has 0 saturated heterocycles. The molecule has 0 radical (unpaired) electrons. The zero-order chi connectivity index (χ0) is 9.40. The lowest BCUT2D eigenvalue weighted by Gasteiger charge is -2.20. The first-order chi connectivity index (χ1) is 5.72. The van der Waals surface area contributed by atoms with Crippen LogP contribution in [0.1, 0.15) is 39.5 Å². The monoisotopic (exact) mass is 169 g/mol. The van der Waals surface area contributed by atoms with Gasteiger partial charge in [-0.15, -0.1) is 0 Å². The van der Waals surface area contributed by atoms with Crippen molar-refractivity contribution >= 4 is 6.85 Å². The molecule has 0 rings (SSSR count). The molecular weight excluding hydrogens is 145 g/mol. The molecule has 12 heavy (non-hydrogen) atoms. The number of rotatable bonds is 7. The molecule has 0 aromatic heterocycles. The third-order valence-corrected chi connectivity index (χ3v) is 2.51. The first-order valence-electron chi connectivity index (χ1n) is 5.38. The molecule has 0 unspecified atom stereocenters. The summed E-state index contributed by atoms with van der Waals surface area (Å²) in [5.74, 6) is 0. The Labute approximate surface area is 78.6 Å². The van der Waals surface area contributed by atoms with Gasteiger partial charge in [0.1, 0.15) is 0 Å². The molecule has 0 aliphatic heterocycles. The minimum atomic E-state index is 0.824. The van der Waals surface area contributed by atoms with Gasteiger partial charge in [0, 0.05) is 0 Å². The average molecular weight is 169 g/mol. The van der Waals surface area contributed by atoms with E-state index >= 15 is 0 Å². The first-order valence-corrected chi connectivity index (χ1v) is 5.38. The average Bonchev–Trinajstić information content (AvgIpc) is 2.04. The van der Waals surface area contributed by atoms with E-state index in [4.69, 9.17) is 0 Å². The summed E-state index contributed by atoms with van der Waals surface area (Å²) in [5.41, 5.74) is 0. The van der Waals surface area contributed by atoms with Crippen LogP contribution in [0.25, 0.3) is 0 Å². The van der Waals surface area contributed by atoms with Crippen molar-refractivity contribution in [2.45, 2.75) is 52.2 Å². The van der Waals surface area contributed by atoms with Crippen molar-refractivity contribution in [3.63, 3.8) is 0 Å². The molecule has 0 aliphatic rings. The van der Waals surface area contributed by atoms with Crippen molar-refractivity contribution in [3.05, 3.63) is 0 Å². The molecule has 0 aliphatic carbocycles. The van der Waals surface area contributed by atoms with Gasteiger partial charge in [0.05, 0.1) is 0 Å². The Hall–Kier alpha value is 0.0249. The maximum atomic E-state index is 2.38. The summed E-state index contributed by atoms with van der Waals surface area (Å²) in [5, 5.41) is 0. The van der Waals surface area contributed by atoms with Gasteiger partial charge in [-0.3, -0.25) is 0 Å². The highest BCUT2D eigenvalue weighted by Crippen LogP contribution is 2.11. The minimum absolute atomic E-state index is 0.824.